The normalized spacial score (nSPS) is 11.1. The number of carbonyl (C=O) groups is 1. The molecule has 1 heterocycles. The summed E-state index contributed by atoms with van der Waals surface area (Å²) in [5.74, 6) is 0.00463. The summed E-state index contributed by atoms with van der Waals surface area (Å²) >= 11 is 0.0295. The van der Waals surface area contributed by atoms with Gasteiger partial charge < -0.3 is 9.87 Å². The molecule has 0 radical (unpaired) electrons. The van der Waals surface area contributed by atoms with Crippen molar-refractivity contribution < 1.29 is 9.35 Å². The van der Waals surface area contributed by atoms with Gasteiger partial charge in [0.05, 0.1) is 5.38 Å². The highest BCUT2D eigenvalue weighted by atomic mass is 32.2. The van der Waals surface area contributed by atoms with Gasteiger partial charge in [0.2, 0.25) is 5.91 Å². The van der Waals surface area contributed by atoms with Gasteiger partial charge in [-0.25, -0.2) is 0 Å². The predicted octanol–water partition coefficient (Wildman–Crippen LogP) is 1.46. The Morgan fingerprint density at radius 2 is 2.00 bits per heavy atom. The van der Waals surface area contributed by atoms with Crippen LogP contribution < -0.4 is 5.32 Å². The summed E-state index contributed by atoms with van der Waals surface area (Å²) in [4.78, 5) is 10.5. The van der Waals surface area contributed by atoms with Gasteiger partial charge >= 0.3 is 0 Å². The molecule has 2 rings (SSSR count). The van der Waals surface area contributed by atoms with Gasteiger partial charge in [-0.2, -0.15) is 0 Å². The van der Waals surface area contributed by atoms with Crippen molar-refractivity contribution >= 4 is 28.6 Å². The molecule has 0 aliphatic heterocycles. The number of amides is 1. The molecule has 0 saturated carbocycles. The summed E-state index contributed by atoms with van der Waals surface area (Å²) in [5, 5.41) is 8.37. The van der Waals surface area contributed by atoms with E-state index in [4.69, 9.17) is 0 Å². The maximum Gasteiger partial charge on any atom is 0.281 e. The molecule has 0 bridgehead atoms. The molecule has 0 saturated heterocycles. The molecule has 1 unspecified atom stereocenters. The summed E-state index contributed by atoms with van der Waals surface area (Å²) in [6.07, 6.45) is 0. The molecule has 2 aromatic rings. The first-order valence-corrected chi connectivity index (χ1v) is 7.06. The predicted molar refractivity (Wildman–Crippen MR) is 70.8 cm³/mol. The van der Waals surface area contributed by atoms with E-state index in [2.05, 4.69) is 14.9 Å². The van der Waals surface area contributed by atoms with Crippen LogP contribution in [0.5, 0.6) is 0 Å². The van der Waals surface area contributed by atoms with Crippen molar-refractivity contribution in [3.05, 3.63) is 35.7 Å². The second-order valence-corrected chi connectivity index (χ2v) is 5.17. The largest absolute Gasteiger partial charge is 0.605 e. The highest BCUT2D eigenvalue weighted by Gasteiger charge is 2.16. The van der Waals surface area contributed by atoms with Crippen LogP contribution in [0.1, 0.15) is 6.92 Å². The number of nitrogens with one attached hydrogen (secondary N) is 1. The quantitative estimate of drug-likeness (QED) is 0.846. The molecule has 0 fully saturated rings. The molecule has 1 N–H and O–H groups in total. The van der Waals surface area contributed by atoms with Gasteiger partial charge in [0.15, 0.2) is 4.90 Å². The van der Waals surface area contributed by atoms with Gasteiger partial charge in [-0.1, -0.05) is 27.8 Å². The van der Waals surface area contributed by atoms with Crippen molar-refractivity contribution in [1.82, 2.24) is 14.9 Å². The van der Waals surface area contributed by atoms with E-state index in [1.54, 1.807) is 12.4 Å². The van der Waals surface area contributed by atoms with Gasteiger partial charge in [0, 0.05) is 25.1 Å². The second kappa shape index (κ2) is 7.80. The van der Waals surface area contributed by atoms with E-state index in [0.29, 0.717) is 5.03 Å². The Kier molecular flexibility index (Phi) is 6.34. The fourth-order valence-corrected chi connectivity index (χ4v) is 2.51. The Bertz CT molecular complexity index is 462. The molecule has 0 spiro atoms. The van der Waals surface area contributed by atoms with E-state index in [0.717, 1.165) is 4.90 Å². The smallest absolute Gasteiger partial charge is 0.281 e. The van der Waals surface area contributed by atoms with Crippen LogP contribution in [0, 0.1) is 0 Å². The summed E-state index contributed by atoms with van der Waals surface area (Å²) in [6, 6.07) is 9.23. The zero-order valence-corrected chi connectivity index (χ0v) is 11.6. The molecule has 5 nitrogen and oxygen atoms in total. The number of nitrogens with zero attached hydrogens (tertiary/aromatic N) is 2. The number of hydrogen-bond acceptors (Lipinski definition) is 5. The SMILES string of the molecule is CNC(C)=O.[O-][S+](c1ccccc1)c1csnn1. The van der Waals surface area contributed by atoms with Crippen LogP contribution in [-0.4, -0.2) is 27.1 Å². The molecule has 7 heteroatoms. The summed E-state index contributed by atoms with van der Waals surface area (Å²) in [5.41, 5.74) is 0. The van der Waals surface area contributed by atoms with Crippen molar-refractivity contribution in [1.29, 1.82) is 0 Å². The van der Waals surface area contributed by atoms with Crippen molar-refractivity contribution in [3.63, 3.8) is 0 Å². The lowest BCUT2D eigenvalue weighted by atomic mass is 10.4. The minimum absolute atomic E-state index is 0.00463. The van der Waals surface area contributed by atoms with Crippen molar-refractivity contribution in [3.8, 4) is 0 Å². The fourth-order valence-electron chi connectivity index (χ4n) is 0.902. The summed E-state index contributed by atoms with van der Waals surface area (Å²) in [6.45, 7) is 1.47. The Labute approximate surface area is 113 Å². The summed E-state index contributed by atoms with van der Waals surface area (Å²) < 4.78 is 15.4. The minimum atomic E-state index is -1.18. The Balaban J connectivity index is 0.000000280. The lowest BCUT2D eigenvalue weighted by Crippen LogP contribution is -2.11. The monoisotopic (exact) mass is 283 g/mol. The van der Waals surface area contributed by atoms with Crippen molar-refractivity contribution in [2.24, 2.45) is 0 Å². The first kappa shape index (κ1) is 14.6. The third-order valence-electron chi connectivity index (χ3n) is 1.84. The number of carbonyl (C=O) groups excluding carboxylic acids is 1. The van der Waals surface area contributed by atoms with Crippen molar-refractivity contribution in [2.75, 3.05) is 7.05 Å². The van der Waals surface area contributed by atoms with E-state index in [1.807, 2.05) is 30.3 Å². The average Bonchev–Trinajstić information content (AvgIpc) is 2.93. The van der Waals surface area contributed by atoms with Gasteiger partial charge in [-0.15, -0.1) is 0 Å². The Morgan fingerprint density at radius 3 is 2.44 bits per heavy atom. The van der Waals surface area contributed by atoms with E-state index in [9.17, 15) is 9.35 Å². The average molecular weight is 283 g/mol. The van der Waals surface area contributed by atoms with Crippen LogP contribution in [0.25, 0.3) is 0 Å². The Morgan fingerprint density at radius 1 is 1.39 bits per heavy atom. The van der Waals surface area contributed by atoms with Crippen molar-refractivity contribution in [2.45, 2.75) is 16.8 Å². The lowest BCUT2D eigenvalue weighted by molar-refractivity contribution is -0.118. The van der Waals surface area contributed by atoms with Crippen LogP contribution in [0.3, 0.4) is 0 Å². The van der Waals surface area contributed by atoms with E-state index in [1.165, 1.54) is 18.5 Å². The minimum Gasteiger partial charge on any atom is -0.605 e. The highest BCUT2D eigenvalue weighted by Crippen LogP contribution is 2.18. The lowest BCUT2D eigenvalue weighted by Gasteiger charge is -2.04. The van der Waals surface area contributed by atoms with Gasteiger partial charge in [0.25, 0.3) is 5.03 Å². The van der Waals surface area contributed by atoms with Crippen LogP contribution in [0.2, 0.25) is 0 Å². The van der Waals surface area contributed by atoms with Gasteiger partial charge in [0.1, 0.15) is 0 Å². The first-order valence-electron chi connectivity index (χ1n) is 5.07. The molecule has 96 valence electrons. The number of hydrogen-bond donors (Lipinski definition) is 1. The molecule has 1 atom stereocenters. The molecular formula is C11H13N3O2S2. The molecular weight excluding hydrogens is 270 g/mol. The fraction of sp³-hybridized carbons (Fsp3) is 0.182. The number of aromatic nitrogens is 2. The van der Waals surface area contributed by atoms with E-state index in [-0.39, 0.29) is 5.91 Å². The molecule has 1 aromatic carbocycles. The van der Waals surface area contributed by atoms with Gasteiger partial charge in [-0.05, 0) is 23.7 Å². The van der Waals surface area contributed by atoms with Crippen LogP contribution >= 0.6 is 11.5 Å². The third-order valence-corrected chi connectivity index (χ3v) is 3.77. The zero-order valence-electron chi connectivity index (χ0n) is 9.99. The molecule has 0 aliphatic carbocycles. The van der Waals surface area contributed by atoms with Crippen LogP contribution in [-0.2, 0) is 16.0 Å². The maximum absolute atomic E-state index is 11.7. The maximum atomic E-state index is 11.7. The van der Waals surface area contributed by atoms with E-state index < -0.39 is 11.2 Å². The highest BCUT2D eigenvalue weighted by molar-refractivity contribution is 7.91. The number of rotatable bonds is 2. The topological polar surface area (TPSA) is 77.9 Å². The van der Waals surface area contributed by atoms with E-state index >= 15 is 0 Å². The first-order chi connectivity index (χ1) is 8.65. The third kappa shape index (κ3) is 4.82. The molecule has 18 heavy (non-hydrogen) atoms. The Hall–Kier alpha value is -1.44. The van der Waals surface area contributed by atoms with Crippen LogP contribution in [0.4, 0.5) is 0 Å². The summed E-state index contributed by atoms with van der Waals surface area (Å²) in [7, 11) is 1.60. The molecule has 1 amide bonds. The van der Waals surface area contributed by atoms with Crippen LogP contribution in [0.15, 0.2) is 45.6 Å². The standard InChI is InChI=1S/C8H6N2OS2.C3H7NO/c11-13(8-6-12-10-9-8)7-4-2-1-3-5-7;1-3(5)4-2/h1-6H;1-2H3,(H,4,5). The molecule has 0 aliphatic rings. The van der Waals surface area contributed by atoms with Gasteiger partial charge in [-0.3, -0.25) is 4.79 Å². The second-order valence-electron chi connectivity index (χ2n) is 3.13. The number of benzene rings is 1. The molecule has 1 aromatic heterocycles. The zero-order chi connectivity index (χ0) is 13.4.